The molecular weight excluding hydrogens is 240 g/mol. The summed E-state index contributed by atoms with van der Waals surface area (Å²) in [7, 11) is -0.114. The van der Waals surface area contributed by atoms with Crippen LogP contribution in [0.1, 0.15) is 6.92 Å². The zero-order valence-corrected chi connectivity index (χ0v) is 11.0. The monoisotopic (exact) mass is 258 g/mol. The van der Waals surface area contributed by atoms with Gasteiger partial charge >= 0.3 is 0 Å². The number of ether oxygens (including phenoxy) is 1. The number of likely N-dealkylation sites (N-methyl/N-ethyl adjacent to an activating group) is 1. The zero-order chi connectivity index (χ0) is 12.9. The molecule has 1 aromatic rings. The molecule has 17 heavy (non-hydrogen) atoms. The van der Waals surface area contributed by atoms with E-state index in [-0.39, 0.29) is 10.9 Å². The largest absolute Gasteiger partial charge is 0.497 e. The van der Waals surface area contributed by atoms with Crippen molar-refractivity contribution in [2.24, 2.45) is 0 Å². The Bertz CT molecular complexity index is 442. The van der Waals surface area contributed by atoms with Crippen LogP contribution in [0.2, 0.25) is 0 Å². The predicted molar refractivity (Wildman–Crippen MR) is 66.7 cm³/mol. The second-order valence-electron chi connectivity index (χ2n) is 3.72. The number of hydrogen-bond acceptors (Lipinski definition) is 4. The van der Waals surface area contributed by atoms with Gasteiger partial charge in [0.15, 0.2) is 0 Å². The van der Waals surface area contributed by atoms with Gasteiger partial charge in [0.05, 0.1) is 12.0 Å². The van der Waals surface area contributed by atoms with Gasteiger partial charge in [0, 0.05) is 12.6 Å². The van der Waals surface area contributed by atoms with Crippen molar-refractivity contribution in [2.75, 3.05) is 20.7 Å². The fraction of sp³-hybridized carbons (Fsp3) is 0.455. The SMILES string of the molecule is CNC(C)CNS(=O)(=O)c1ccc(OC)cc1. The summed E-state index contributed by atoms with van der Waals surface area (Å²) >= 11 is 0. The van der Waals surface area contributed by atoms with Crippen LogP contribution in [0.25, 0.3) is 0 Å². The summed E-state index contributed by atoms with van der Waals surface area (Å²) in [6, 6.07) is 6.37. The topological polar surface area (TPSA) is 67.4 Å². The van der Waals surface area contributed by atoms with Gasteiger partial charge in [-0.1, -0.05) is 0 Å². The Balaban J connectivity index is 2.75. The molecule has 0 heterocycles. The van der Waals surface area contributed by atoms with Gasteiger partial charge in [-0.25, -0.2) is 13.1 Å². The van der Waals surface area contributed by atoms with Crippen molar-refractivity contribution in [3.8, 4) is 5.75 Å². The Morgan fingerprint density at radius 1 is 1.29 bits per heavy atom. The average molecular weight is 258 g/mol. The molecule has 5 nitrogen and oxygen atoms in total. The van der Waals surface area contributed by atoms with Crippen molar-refractivity contribution in [1.82, 2.24) is 10.0 Å². The molecule has 1 aromatic carbocycles. The molecule has 1 atom stereocenters. The van der Waals surface area contributed by atoms with Crippen LogP contribution >= 0.6 is 0 Å². The van der Waals surface area contributed by atoms with Crippen molar-refractivity contribution < 1.29 is 13.2 Å². The third-order valence-corrected chi connectivity index (χ3v) is 3.88. The van der Waals surface area contributed by atoms with E-state index in [1.54, 1.807) is 19.2 Å². The maximum atomic E-state index is 11.9. The molecule has 0 aliphatic carbocycles. The van der Waals surface area contributed by atoms with Crippen LogP contribution < -0.4 is 14.8 Å². The lowest BCUT2D eigenvalue weighted by molar-refractivity contribution is 0.414. The van der Waals surface area contributed by atoms with Crippen molar-refractivity contribution >= 4 is 10.0 Å². The minimum Gasteiger partial charge on any atom is -0.497 e. The Kier molecular flexibility index (Phi) is 4.92. The van der Waals surface area contributed by atoms with Gasteiger partial charge < -0.3 is 10.1 Å². The van der Waals surface area contributed by atoms with Crippen LogP contribution in [0.15, 0.2) is 29.2 Å². The van der Waals surface area contributed by atoms with Gasteiger partial charge in [-0.15, -0.1) is 0 Å². The second-order valence-corrected chi connectivity index (χ2v) is 5.48. The number of hydrogen-bond donors (Lipinski definition) is 2. The van der Waals surface area contributed by atoms with E-state index in [1.165, 1.54) is 19.2 Å². The third-order valence-electron chi connectivity index (χ3n) is 2.44. The predicted octanol–water partition coefficient (Wildman–Crippen LogP) is 0.581. The summed E-state index contributed by atoms with van der Waals surface area (Å²) in [5, 5.41) is 2.96. The van der Waals surface area contributed by atoms with Gasteiger partial charge in [0.2, 0.25) is 10.0 Å². The first-order valence-corrected chi connectivity index (χ1v) is 6.79. The first-order valence-electron chi connectivity index (χ1n) is 5.30. The number of benzene rings is 1. The first-order chi connectivity index (χ1) is 7.99. The minimum atomic E-state index is -3.44. The van der Waals surface area contributed by atoms with Crippen LogP contribution in [0.4, 0.5) is 0 Å². The fourth-order valence-corrected chi connectivity index (χ4v) is 2.31. The standard InChI is InChI=1S/C11H18N2O3S/c1-9(12-2)8-13-17(14,15)11-6-4-10(16-3)5-7-11/h4-7,9,12-13H,8H2,1-3H3. The van der Waals surface area contributed by atoms with E-state index in [4.69, 9.17) is 4.74 Å². The summed E-state index contributed by atoms with van der Waals surface area (Å²) in [5.74, 6) is 0.632. The van der Waals surface area contributed by atoms with E-state index in [9.17, 15) is 8.42 Å². The van der Waals surface area contributed by atoms with Gasteiger partial charge in [0.25, 0.3) is 0 Å². The molecule has 2 N–H and O–H groups in total. The van der Waals surface area contributed by atoms with E-state index in [1.807, 2.05) is 6.92 Å². The Hall–Kier alpha value is -1.11. The molecule has 0 bridgehead atoms. The van der Waals surface area contributed by atoms with Crippen molar-refractivity contribution in [1.29, 1.82) is 0 Å². The third kappa shape index (κ3) is 3.99. The van der Waals surface area contributed by atoms with Gasteiger partial charge in [-0.3, -0.25) is 0 Å². The molecule has 0 aliphatic rings. The van der Waals surface area contributed by atoms with Gasteiger partial charge in [0.1, 0.15) is 5.75 Å². The molecule has 1 rings (SSSR count). The number of nitrogens with one attached hydrogen (secondary N) is 2. The van der Waals surface area contributed by atoms with Crippen LogP contribution in [0.3, 0.4) is 0 Å². The number of methoxy groups -OCH3 is 1. The summed E-state index contributed by atoms with van der Waals surface area (Å²) in [4.78, 5) is 0.238. The lowest BCUT2D eigenvalue weighted by Gasteiger charge is -2.12. The van der Waals surface area contributed by atoms with Crippen LogP contribution in [0, 0.1) is 0 Å². The summed E-state index contributed by atoms with van der Waals surface area (Å²) in [6.45, 7) is 2.25. The summed E-state index contributed by atoms with van der Waals surface area (Å²) in [5.41, 5.74) is 0. The van der Waals surface area contributed by atoms with E-state index >= 15 is 0 Å². The quantitative estimate of drug-likeness (QED) is 0.783. The molecule has 0 saturated heterocycles. The molecule has 0 spiro atoms. The highest BCUT2D eigenvalue weighted by Crippen LogP contribution is 2.15. The zero-order valence-electron chi connectivity index (χ0n) is 10.2. The summed E-state index contributed by atoms with van der Waals surface area (Å²) in [6.07, 6.45) is 0. The van der Waals surface area contributed by atoms with E-state index in [0.717, 1.165) is 0 Å². The molecule has 0 saturated carbocycles. The number of rotatable bonds is 6. The molecule has 0 aliphatic heterocycles. The van der Waals surface area contributed by atoms with E-state index < -0.39 is 10.0 Å². The van der Waals surface area contributed by atoms with Crippen molar-refractivity contribution in [2.45, 2.75) is 17.9 Å². The Morgan fingerprint density at radius 2 is 1.88 bits per heavy atom. The smallest absolute Gasteiger partial charge is 0.240 e. The highest BCUT2D eigenvalue weighted by atomic mass is 32.2. The fourth-order valence-electron chi connectivity index (χ4n) is 1.17. The maximum Gasteiger partial charge on any atom is 0.240 e. The van der Waals surface area contributed by atoms with E-state index in [2.05, 4.69) is 10.0 Å². The van der Waals surface area contributed by atoms with Crippen molar-refractivity contribution in [3.63, 3.8) is 0 Å². The first kappa shape index (κ1) is 14.0. The molecule has 6 heteroatoms. The molecule has 1 unspecified atom stereocenters. The van der Waals surface area contributed by atoms with Crippen molar-refractivity contribution in [3.05, 3.63) is 24.3 Å². The van der Waals surface area contributed by atoms with E-state index in [0.29, 0.717) is 12.3 Å². The second kappa shape index (κ2) is 6.00. The minimum absolute atomic E-state index is 0.0861. The average Bonchev–Trinajstić information content (AvgIpc) is 2.36. The van der Waals surface area contributed by atoms with Crippen LogP contribution in [0.5, 0.6) is 5.75 Å². The molecule has 0 amide bonds. The molecule has 0 aromatic heterocycles. The highest BCUT2D eigenvalue weighted by molar-refractivity contribution is 7.89. The van der Waals surface area contributed by atoms with Gasteiger partial charge in [-0.2, -0.15) is 0 Å². The molecular formula is C11H18N2O3S. The van der Waals surface area contributed by atoms with Crippen LogP contribution in [-0.2, 0) is 10.0 Å². The highest BCUT2D eigenvalue weighted by Gasteiger charge is 2.14. The Morgan fingerprint density at radius 3 is 2.35 bits per heavy atom. The molecule has 0 radical (unpaired) electrons. The lowest BCUT2D eigenvalue weighted by atomic mass is 10.3. The number of sulfonamides is 1. The summed E-state index contributed by atoms with van der Waals surface area (Å²) < 4.78 is 31.2. The molecule has 0 fully saturated rings. The normalized spacial score (nSPS) is 13.4. The van der Waals surface area contributed by atoms with Gasteiger partial charge in [-0.05, 0) is 38.2 Å². The van der Waals surface area contributed by atoms with Crippen LogP contribution in [-0.4, -0.2) is 35.2 Å². The maximum absolute atomic E-state index is 11.9. The lowest BCUT2D eigenvalue weighted by Crippen LogP contribution is -2.37. The molecule has 96 valence electrons. The Labute approximate surface area is 102 Å².